The zero-order valence-electron chi connectivity index (χ0n) is 13.3. The molecule has 1 fully saturated rings. The van der Waals surface area contributed by atoms with E-state index >= 15 is 0 Å². The summed E-state index contributed by atoms with van der Waals surface area (Å²) in [4.78, 5) is 17.0. The van der Waals surface area contributed by atoms with Gasteiger partial charge in [-0.25, -0.2) is 0 Å². The first-order valence-electron chi connectivity index (χ1n) is 7.63. The summed E-state index contributed by atoms with van der Waals surface area (Å²) in [6.07, 6.45) is 0.969. The first-order chi connectivity index (χ1) is 10.6. The van der Waals surface area contributed by atoms with Crippen molar-refractivity contribution in [1.82, 2.24) is 15.1 Å². The van der Waals surface area contributed by atoms with Crippen molar-refractivity contribution in [2.75, 3.05) is 53.4 Å². The number of nitrogens with zero attached hydrogens (tertiary/aromatic N) is 2. The van der Waals surface area contributed by atoms with Gasteiger partial charge in [-0.05, 0) is 54.1 Å². The number of hydrogen-bond donors (Lipinski definition) is 1. The van der Waals surface area contributed by atoms with Gasteiger partial charge in [-0.3, -0.25) is 4.79 Å². The number of piperazine rings is 1. The lowest BCUT2D eigenvalue weighted by Gasteiger charge is -2.32. The van der Waals surface area contributed by atoms with Gasteiger partial charge in [0.05, 0.1) is 12.7 Å². The van der Waals surface area contributed by atoms with Crippen LogP contribution >= 0.6 is 15.9 Å². The molecule has 0 atom stereocenters. The van der Waals surface area contributed by atoms with Crippen molar-refractivity contribution in [3.8, 4) is 5.75 Å². The molecule has 1 amide bonds. The van der Waals surface area contributed by atoms with E-state index in [9.17, 15) is 4.79 Å². The smallest absolute Gasteiger partial charge is 0.252 e. The highest BCUT2D eigenvalue weighted by molar-refractivity contribution is 9.10. The minimum atomic E-state index is -0.0656. The van der Waals surface area contributed by atoms with E-state index in [0.717, 1.165) is 43.6 Å². The summed E-state index contributed by atoms with van der Waals surface area (Å²) in [6.45, 7) is 6.21. The van der Waals surface area contributed by atoms with E-state index in [1.54, 1.807) is 13.2 Å². The minimum Gasteiger partial charge on any atom is -0.497 e. The summed E-state index contributed by atoms with van der Waals surface area (Å²) in [7, 11) is 3.75. The maximum absolute atomic E-state index is 12.2. The van der Waals surface area contributed by atoms with Gasteiger partial charge in [0.1, 0.15) is 5.75 Å². The Morgan fingerprint density at radius 1 is 1.32 bits per heavy atom. The standard InChI is InChI=1S/C16H24BrN3O2/c1-19-8-10-20(11-9-19)7-3-6-18-16(21)14-12-13(22-2)4-5-15(14)17/h4-5,12H,3,6-11H2,1-2H3,(H,18,21). The molecule has 5 nitrogen and oxygen atoms in total. The van der Waals surface area contributed by atoms with Crippen LogP contribution in [0.25, 0.3) is 0 Å². The number of nitrogens with one attached hydrogen (secondary N) is 1. The van der Waals surface area contributed by atoms with Crippen LogP contribution in [0, 0.1) is 0 Å². The summed E-state index contributed by atoms with van der Waals surface area (Å²) in [5.74, 6) is 0.620. The highest BCUT2D eigenvalue weighted by atomic mass is 79.9. The molecule has 1 aliphatic heterocycles. The largest absolute Gasteiger partial charge is 0.497 e. The number of halogens is 1. The molecule has 0 spiro atoms. The number of ether oxygens (including phenoxy) is 1. The summed E-state index contributed by atoms with van der Waals surface area (Å²) in [5, 5.41) is 2.98. The molecule has 22 heavy (non-hydrogen) atoms. The Balaban J connectivity index is 1.74. The van der Waals surface area contributed by atoms with E-state index in [2.05, 4.69) is 38.1 Å². The van der Waals surface area contributed by atoms with Crippen molar-refractivity contribution in [1.29, 1.82) is 0 Å². The molecule has 0 aromatic heterocycles. The first-order valence-corrected chi connectivity index (χ1v) is 8.42. The van der Waals surface area contributed by atoms with Crippen LogP contribution in [0.3, 0.4) is 0 Å². The monoisotopic (exact) mass is 369 g/mol. The van der Waals surface area contributed by atoms with Gasteiger partial charge in [0.15, 0.2) is 0 Å². The zero-order valence-corrected chi connectivity index (χ0v) is 14.9. The third kappa shape index (κ3) is 4.97. The second-order valence-corrected chi connectivity index (χ2v) is 6.45. The number of methoxy groups -OCH3 is 1. The lowest BCUT2D eigenvalue weighted by molar-refractivity contribution is 0.0948. The van der Waals surface area contributed by atoms with Crippen molar-refractivity contribution in [2.45, 2.75) is 6.42 Å². The number of benzene rings is 1. The van der Waals surface area contributed by atoms with Crippen LogP contribution < -0.4 is 10.1 Å². The molecule has 1 aromatic rings. The molecule has 1 aromatic carbocycles. The molecule has 0 bridgehead atoms. The average molecular weight is 370 g/mol. The first kappa shape index (κ1) is 17.2. The van der Waals surface area contributed by atoms with Crippen LogP contribution in [-0.4, -0.2) is 69.1 Å². The van der Waals surface area contributed by atoms with E-state index in [4.69, 9.17) is 4.74 Å². The highest BCUT2D eigenvalue weighted by Crippen LogP contribution is 2.22. The van der Waals surface area contributed by atoms with Crippen LogP contribution in [0.1, 0.15) is 16.8 Å². The Morgan fingerprint density at radius 2 is 2.05 bits per heavy atom. The molecule has 1 N–H and O–H groups in total. The predicted octanol–water partition coefficient (Wildman–Crippen LogP) is 1.82. The third-order valence-electron chi connectivity index (χ3n) is 3.95. The Hall–Kier alpha value is -1.11. The molecule has 1 heterocycles. The van der Waals surface area contributed by atoms with Crippen LogP contribution in [0.4, 0.5) is 0 Å². The second kappa shape index (κ2) is 8.50. The molecule has 0 saturated carbocycles. The topological polar surface area (TPSA) is 44.8 Å². The van der Waals surface area contributed by atoms with Crippen molar-refractivity contribution in [3.63, 3.8) is 0 Å². The predicted molar refractivity (Wildman–Crippen MR) is 91.6 cm³/mol. The lowest BCUT2D eigenvalue weighted by atomic mass is 10.2. The molecule has 1 aliphatic rings. The van der Waals surface area contributed by atoms with E-state index < -0.39 is 0 Å². The maximum atomic E-state index is 12.2. The Kier molecular flexibility index (Phi) is 6.67. The van der Waals surface area contributed by atoms with Gasteiger partial charge in [-0.1, -0.05) is 0 Å². The fraction of sp³-hybridized carbons (Fsp3) is 0.562. The van der Waals surface area contributed by atoms with Crippen molar-refractivity contribution in [3.05, 3.63) is 28.2 Å². The van der Waals surface area contributed by atoms with Gasteiger partial charge in [-0.15, -0.1) is 0 Å². The van der Waals surface area contributed by atoms with Gasteiger partial charge in [-0.2, -0.15) is 0 Å². The normalized spacial score (nSPS) is 16.5. The van der Waals surface area contributed by atoms with Gasteiger partial charge >= 0.3 is 0 Å². The van der Waals surface area contributed by atoms with Crippen LogP contribution in [0.15, 0.2) is 22.7 Å². The Bertz CT molecular complexity index is 502. The molecule has 0 unspecified atom stereocenters. The fourth-order valence-electron chi connectivity index (χ4n) is 2.48. The maximum Gasteiger partial charge on any atom is 0.252 e. The van der Waals surface area contributed by atoms with Gasteiger partial charge < -0.3 is 19.9 Å². The molecule has 1 saturated heterocycles. The number of rotatable bonds is 6. The summed E-state index contributed by atoms with van der Waals surface area (Å²) in [5.41, 5.74) is 0.610. The molecule has 0 aliphatic carbocycles. The van der Waals surface area contributed by atoms with Crippen LogP contribution in [-0.2, 0) is 0 Å². The summed E-state index contributed by atoms with van der Waals surface area (Å²) >= 11 is 3.41. The van der Waals surface area contributed by atoms with Crippen molar-refractivity contribution in [2.24, 2.45) is 0 Å². The minimum absolute atomic E-state index is 0.0656. The highest BCUT2D eigenvalue weighted by Gasteiger charge is 2.14. The number of amides is 1. The Morgan fingerprint density at radius 3 is 2.73 bits per heavy atom. The number of carbonyl (C=O) groups is 1. The second-order valence-electron chi connectivity index (χ2n) is 5.60. The fourth-order valence-corrected chi connectivity index (χ4v) is 2.90. The quantitative estimate of drug-likeness (QED) is 0.776. The van der Waals surface area contributed by atoms with Gasteiger partial charge in [0, 0.05) is 37.2 Å². The summed E-state index contributed by atoms with van der Waals surface area (Å²) < 4.78 is 5.94. The van der Waals surface area contributed by atoms with Crippen LogP contribution in [0.2, 0.25) is 0 Å². The molecule has 6 heteroatoms. The lowest BCUT2D eigenvalue weighted by Crippen LogP contribution is -2.45. The van der Waals surface area contributed by atoms with Crippen LogP contribution in [0.5, 0.6) is 5.75 Å². The number of carbonyl (C=O) groups excluding carboxylic acids is 1. The molecule has 0 radical (unpaired) electrons. The molecular weight excluding hydrogens is 346 g/mol. The molecule has 122 valence electrons. The number of likely N-dealkylation sites (N-methyl/N-ethyl adjacent to an activating group) is 1. The van der Waals surface area contributed by atoms with Gasteiger partial charge in [0.25, 0.3) is 5.91 Å². The Labute approximate surface area is 140 Å². The molecular formula is C16H24BrN3O2. The molecule has 2 rings (SSSR count). The van der Waals surface area contributed by atoms with Crippen molar-refractivity contribution >= 4 is 21.8 Å². The summed E-state index contributed by atoms with van der Waals surface area (Å²) in [6, 6.07) is 5.41. The average Bonchev–Trinajstić information content (AvgIpc) is 2.53. The van der Waals surface area contributed by atoms with E-state index in [1.807, 2.05) is 12.1 Å². The van der Waals surface area contributed by atoms with E-state index in [1.165, 1.54) is 0 Å². The van der Waals surface area contributed by atoms with E-state index in [0.29, 0.717) is 17.9 Å². The number of hydrogen-bond acceptors (Lipinski definition) is 4. The SMILES string of the molecule is COc1ccc(Br)c(C(=O)NCCCN2CCN(C)CC2)c1. The van der Waals surface area contributed by atoms with Crippen molar-refractivity contribution < 1.29 is 9.53 Å². The van der Waals surface area contributed by atoms with Gasteiger partial charge in [0.2, 0.25) is 0 Å². The van der Waals surface area contributed by atoms with E-state index in [-0.39, 0.29) is 5.91 Å². The third-order valence-corrected chi connectivity index (χ3v) is 4.64. The zero-order chi connectivity index (χ0) is 15.9.